The van der Waals surface area contributed by atoms with Crippen LogP contribution in [0.15, 0.2) is 18.2 Å². The number of nitrogens with one attached hydrogen (secondary N) is 1. The molecule has 1 aliphatic rings. The Morgan fingerprint density at radius 1 is 1.47 bits per heavy atom. The van der Waals surface area contributed by atoms with Crippen molar-refractivity contribution in [3.8, 4) is 12.1 Å². The van der Waals surface area contributed by atoms with Crippen molar-refractivity contribution in [2.24, 2.45) is 11.1 Å². The monoisotopic (exact) mass is 274 g/mol. The van der Waals surface area contributed by atoms with Crippen LogP contribution in [0.4, 0.5) is 0 Å². The first kappa shape index (κ1) is 13.8. The maximum absolute atomic E-state index is 9.32. The molecule has 0 bridgehead atoms. The molecule has 98 valence electrons. The molecular formula is C14H15ClN4. The topological polar surface area (TPSA) is 85.6 Å². The van der Waals surface area contributed by atoms with Gasteiger partial charge in [-0.2, -0.15) is 10.5 Å². The van der Waals surface area contributed by atoms with Gasteiger partial charge in [-0.15, -0.1) is 0 Å². The van der Waals surface area contributed by atoms with E-state index in [9.17, 15) is 5.26 Å². The lowest BCUT2D eigenvalue weighted by atomic mass is 9.76. The van der Waals surface area contributed by atoms with E-state index in [-0.39, 0.29) is 6.04 Å². The summed E-state index contributed by atoms with van der Waals surface area (Å²) in [7, 11) is 0. The fourth-order valence-electron chi connectivity index (χ4n) is 2.48. The second kappa shape index (κ2) is 5.59. The summed E-state index contributed by atoms with van der Waals surface area (Å²) in [6.45, 7) is 1.10. The van der Waals surface area contributed by atoms with Crippen LogP contribution in [0.25, 0.3) is 0 Å². The zero-order valence-corrected chi connectivity index (χ0v) is 11.2. The summed E-state index contributed by atoms with van der Waals surface area (Å²) in [4.78, 5) is 0. The molecule has 1 aliphatic heterocycles. The highest BCUT2D eigenvalue weighted by Crippen LogP contribution is 2.38. The molecule has 2 rings (SSSR count). The second-order valence-corrected chi connectivity index (χ2v) is 5.31. The maximum atomic E-state index is 9.32. The Kier molecular flexibility index (Phi) is 4.07. The number of rotatable bonds is 2. The number of nitrogens with zero attached hydrogens (tertiary/aromatic N) is 2. The average Bonchev–Trinajstić information content (AvgIpc) is 2.47. The Labute approximate surface area is 117 Å². The molecule has 1 fully saturated rings. The average molecular weight is 275 g/mol. The van der Waals surface area contributed by atoms with Gasteiger partial charge in [0.15, 0.2) is 0 Å². The first-order chi connectivity index (χ1) is 9.14. The molecule has 1 saturated heterocycles. The van der Waals surface area contributed by atoms with E-state index in [1.807, 2.05) is 6.07 Å². The summed E-state index contributed by atoms with van der Waals surface area (Å²) in [5.74, 6) is 0. The summed E-state index contributed by atoms with van der Waals surface area (Å²) in [5.41, 5.74) is 6.73. The fourth-order valence-corrected chi connectivity index (χ4v) is 2.79. The van der Waals surface area contributed by atoms with Crippen molar-refractivity contribution in [3.63, 3.8) is 0 Å². The van der Waals surface area contributed by atoms with Crippen LogP contribution in [-0.2, 0) is 0 Å². The lowest BCUT2D eigenvalue weighted by Gasteiger charge is -2.36. The smallest absolute Gasteiger partial charge is 0.0992 e. The van der Waals surface area contributed by atoms with Crippen molar-refractivity contribution in [3.05, 3.63) is 34.3 Å². The minimum absolute atomic E-state index is 0.0113. The zero-order valence-electron chi connectivity index (χ0n) is 10.5. The molecule has 0 radical (unpaired) electrons. The molecule has 3 N–H and O–H groups in total. The fraction of sp³-hybridized carbons (Fsp3) is 0.429. The quantitative estimate of drug-likeness (QED) is 0.865. The highest BCUT2D eigenvalue weighted by molar-refractivity contribution is 6.31. The standard InChI is InChI=1S/C14H15ClN4/c15-12-5-10(7-16)1-2-11(12)13-6-14(8-17,9-18)3-4-19-13/h1-2,5,13,19H,3-4,6,8,17H2. The van der Waals surface area contributed by atoms with Gasteiger partial charge in [0.05, 0.1) is 23.1 Å². The number of nitriles is 2. The lowest BCUT2D eigenvalue weighted by molar-refractivity contribution is 0.239. The highest BCUT2D eigenvalue weighted by Gasteiger charge is 2.36. The number of benzene rings is 1. The van der Waals surface area contributed by atoms with Gasteiger partial charge in [-0.25, -0.2) is 0 Å². The molecule has 2 unspecified atom stereocenters. The summed E-state index contributed by atoms with van der Waals surface area (Å²) >= 11 is 6.22. The molecule has 0 saturated carbocycles. The van der Waals surface area contributed by atoms with E-state index in [4.69, 9.17) is 22.6 Å². The van der Waals surface area contributed by atoms with E-state index in [1.54, 1.807) is 12.1 Å². The Morgan fingerprint density at radius 2 is 2.26 bits per heavy atom. The molecule has 1 aromatic carbocycles. The normalized spacial score (nSPS) is 26.4. The summed E-state index contributed by atoms with van der Waals surface area (Å²) in [5, 5.41) is 22.1. The van der Waals surface area contributed by atoms with E-state index in [0.717, 1.165) is 18.5 Å². The minimum atomic E-state index is -0.479. The summed E-state index contributed by atoms with van der Waals surface area (Å²) in [6, 6.07) is 9.67. The van der Waals surface area contributed by atoms with Crippen LogP contribution in [0.2, 0.25) is 5.02 Å². The van der Waals surface area contributed by atoms with Gasteiger partial charge in [0.2, 0.25) is 0 Å². The molecule has 1 heterocycles. The van der Waals surface area contributed by atoms with Crippen LogP contribution in [0.1, 0.15) is 30.0 Å². The number of piperidine rings is 1. The maximum Gasteiger partial charge on any atom is 0.0992 e. The number of hydrogen-bond acceptors (Lipinski definition) is 4. The Morgan fingerprint density at radius 3 is 2.84 bits per heavy atom. The molecule has 1 aromatic rings. The van der Waals surface area contributed by atoms with Crippen molar-refractivity contribution in [1.82, 2.24) is 5.32 Å². The predicted octanol–water partition coefficient (Wildman–Crippen LogP) is 2.10. The molecule has 0 spiro atoms. The molecule has 0 aromatic heterocycles. The van der Waals surface area contributed by atoms with Crippen LogP contribution < -0.4 is 11.1 Å². The molecule has 0 amide bonds. The van der Waals surface area contributed by atoms with Gasteiger partial charge >= 0.3 is 0 Å². The van der Waals surface area contributed by atoms with Gasteiger partial charge < -0.3 is 11.1 Å². The van der Waals surface area contributed by atoms with E-state index in [1.165, 1.54) is 0 Å². The molecule has 2 atom stereocenters. The van der Waals surface area contributed by atoms with Crippen LogP contribution in [0.5, 0.6) is 0 Å². The molecule has 19 heavy (non-hydrogen) atoms. The van der Waals surface area contributed by atoms with Gasteiger partial charge in [0.1, 0.15) is 0 Å². The Hall–Kier alpha value is -1.59. The van der Waals surface area contributed by atoms with Crippen molar-refractivity contribution in [1.29, 1.82) is 10.5 Å². The van der Waals surface area contributed by atoms with E-state index >= 15 is 0 Å². The van der Waals surface area contributed by atoms with Gasteiger partial charge in [0.25, 0.3) is 0 Å². The van der Waals surface area contributed by atoms with E-state index in [0.29, 0.717) is 23.6 Å². The molecule has 0 aliphatic carbocycles. The second-order valence-electron chi connectivity index (χ2n) is 4.91. The number of halogens is 1. The highest BCUT2D eigenvalue weighted by atomic mass is 35.5. The van der Waals surface area contributed by atoms with Crippen molar-refractivity contribution >= 4 is 11.6 Å². The van der Waals surface area contributed by atoms with Gasteiger partial charge in [-0.1, -0.05) is 17.7 Å². The number of nitrogens with two attached hydrogens (primary N) is 1. The van der Waals surface area contributed by atoms with Crippen molar-refractivity contribution < 1.29 is 0 Å². The SMILES string of the molecule is N#Cc1ccc(C2CC(C#N)(CN)CCN2)c(Cl)c1. The van der Waals surface area contributed by atoms with Crippen LogP contribution in [-0.4, -0.2) is 13.1 Å². The van der Waals surface area contributed by atoms with E-state index in [2.05, 4.69) is 17.5 Å². The van der Waals surface area contributed by atoms with Crippen molar-refractivity contribution in [2.75, 3.05) is 13.1 Å². The Balaban J connectivity index is 2.28. The molecular weight excluding hydrogens is 260 g/mol. The largest absolute Gasteiger partial charge is 0.329 e. The van der Waals surface area contributed by atoms with Gasteiger partial charge in [0, 0.05) is 17.6 Å². The number of hydrogen-bond donors (Lipinski definition) is 2. The van der Waals surface area contributed by atoms with Gasteiger partial charge in [-0.3, -0.25) is 0 Å². The third-order valence-corrected chi connectivity index (χ3v) is 4.05. The first-order valence-corrected chi connectivity index (χ1v) is 6.56. The molecule has 4 nitrogen and oxygen atoms in total. The first-order valence-electron chi connectivity index (χ1n) is 6.18. The summed E-state index contributed by atoms with van der Waals surface area (Å²) in [6.07, 6.45) is 1.40. The van der Waals surface area contributed by atoms with Crippen LogP contribution in [0.3, 0.4) is 0 Å². The molecule has 5 heteroatoms. The lowest BCUT2D eigenvalue weighted by Crippen LogP contribution is -2.42. The third kappa shape index (κ3) is 2.72. The third-order valence-electron chi connectivity index (χ3n) is 3.72. The van der Waals surface area contributed by atoms with E-state index < -0.39 is 5.41 Å². The summed E-state index contributed by atoms with van der Waals surface area (Å²) < 4.78 is 0. The zero-order chi connectivity index (χ0) is 13.9. The van der Waals surface area contributed by atoms with Crippen LogP contribution in [0, 0.1) is 28.1 Å². The van der Waals surface area contributed by atoms with Crippen LogP contribution >= 0.6 is 11.6 Å². The Bertz CT molecular complexity index is 558. The predicted molar refractivity (Wildman–Crippen MR) is 73.2 cm³/mol. The van der Waals surface area contributed by atoms with Crippen molar-refractivity contribution in [2.45, 2.75) is 18.9 Å². The van der Waals surface area contributed by atoms with Gasteiger partial charge in [-0.05, 0) is 37.1 Å². The minimum Gasteiger partial charge on any atom is -0.329 e.